The Hall–Kier alpha value is -0.340. The minimum atomic E-state index is 0.243. The van der Waals surface area contributed by atoms with Gasteiger partial charge in [0, 0.05) is 13.1 Å². The molecule has 0 amide bonds. The van der Waals surface area contributed by atoms with Crippen LogP contribution >= 0.6 is 0 Å². The summed E-state index contributed by atoms with van der Waals surface area (Å²) in [7, 11) is 2.00. The van der Waals surface area contributed by atoms with Crippen molar-refractivity contribution in [2.24, 2.45) is 0 Å². The first-order chi connectivity index (χ1) is 4.66. The molecule has 0 aromatic heterocycles. The third-order valence-electron chi connectivity index (χ3n) is 1.40. The monoisotopic (exact) mass is 143 g/mol. The standard InChI is InChI=1S/C8H17NO/c1-8(2)4-5-9(3)6-7-10/h10H,1,4-7H2,2-3H3. The highest BCUT2D eigenvalue weighted by atomic mass is 16.3. The third-order valence-corrected chi connectivity index (χ3v) is 1.40. The van der Waals surface area contributed by atoms with Crippen molar-refractivity contribution in [3.8, 4) is 0 Å². The lowest BCUT2D eigenvalue weighted by Gasteiger charge is -2.13. The summed E-state index contributed by atoms with van der Waals surface area (Å²) in [5.74, 6) is 0. The second-order valence-electron chi connectivity index (χ2n) is 2.73. The Morgan fingerprint density at radius 3 is 2.50 bits per heavy atom. The van der Waals surface area contributed by atoms with Crippen LogP contribution in [0.5, 0.6) is 0 Å². The Morgan fingerprint density at radius 1 is 1.50 bits per heavy atom. The first-order valence-electron chi connectivity index (χ1n) is 3.60. The number of aliphatic hydroxyl groups excluding tert-OH is 1. The maximum atomic E-state index is 8.54. The summed E-state index contributed by atoms with van der Waals surface area (Å²) in [6.07, 6.45) is 1.02. The molecule has 0 unspecified atom stereocenters. The molecule has 2 heteroatoms. The van der Waals surface area contributed by atoms with E-state index in [9.17, 15) is 0 Å². The molecule has 0 aromatic carbocycles. The van der Waals surface area contributed by atoms with Gasteiger partial charge in [0.25, 0.3) is 0 Å². The van der Waals surface area contributed by atoms with Crippen LogP contribution in [0.1, 0.15) is 13.3 Å². The van der Waals surface area contributed by atoms with Gasteiger partial charge in [0.1, 0.15) is 0 Å². The van der Waals surface area contributed by atoms with Gasteiger partial charge in [-0.05, 0) is 20.4 Å². The Balaban J connectivity index is 3.21. The van der Waals surface area contributed by atoms with Gasteiger partial charge >= 0.3 is 0 Å². The van der Waals surface area contributed by atoms with Gasteiger partial charge in [-0.25, -0.2) is 0 Å². The van der Waals surface area contributed by atoms with E-state index in [4.69, 9.17) is 5.11 Å². The van der Waals surface area contributed by atoms with Crippen LogP contribution in [0.4, 0.5) is 0 Å². The summed E-state index contributed by atoms with van der Waals surface area (Å²) in [6, 6.07) is 0. The zero-order chi connectivity index (χ0) is 7.98. The molecule has 0 atom stereocenters. The Morgan fingerprint density at radius 2 is 2.10 bits per heavy atom. The third kappa shape index (κ3) is 5.79. The van der Waals surface area contributed by atoms with E-state index in [1.807, 2.05) is 14.0 Å². The van der Waals surface area contributed by atoms with Crippen LogP contribution in [-0.2, 0) is 0 Å². The topological polar surface area (TPSA) is 23.5 Å². The summed E-state index contributed by atoms with van der Waals surface area (Å²) in [5, 5.41) is 8.54. The van der Waals surface area contributed by atoms with Crippen LogP contribution in [-0.4, -0.2) is 36.8 Å². The molecule has 0 heterocycles. The summed E-state index contributed by atoms with van der Waals surface area (Å²) >= 11 is 0. The molecule has 0 saturated heterocycles. The molecular formula is C8H17NO. The average molecular weight is 143 g/mol. The molecule has 0 saturated carbocycles. The minimum absolute atomic E-state index is 0.243. The molecule has 0 aliphatic rings. The first kappa shape index (κ1) is 9.66. The van der Waals surface area contributed by atoms with Crippen LogP contribution in [0, 0.1) is 0 Å². The molecule has 0 aliphatic carbocycles. The summed E-state index contributed by atoms with van der Waals surface area (Å²) in [5.41, 5.74) is 1.20. The van der Waals surface area contributed by atoms with Crippen LogP contribution in [0.25, 0.3) is 0 Å². The lowest BCUT2D eigenvalue weighted by Crippen LogP contribution is -2.23. The first-order valence-corrected chi connectivity index (χ1v) is 3.60. The van der Waals surface area contributed by atoms with Gasteiger partial charge in [-0.2, -0.15) is 0 Å². The molecule has 0 aliphatic heterocycles. The minimum Gasteiger partial charge on any atom is -0.395 e. The molecule has 0 spiro atoms. The molecule has 0 radical (unpaired) electrons. The van der Waals surface area contributed by atoms with Gasteiger partial charge in [0.15, 0.2) is 0 Å². The van der Waals surface area contributed by atoms with Gasteiger partial charge in [-0.1, -0.05) is 5.57 Å². The SMILES string of the molecule is C=C(C)CCN(C)CCO. The number of hydrogen-bond donors (Lipinski definition) is 1. The van der Waals surface area contributed by atoms with Crippen molar-refractivity contribution < 1.29 is 5.11 Å². The molecule has 2 nitrogen and oxygen atoms in total. The molecule has 60 valence electrons. The normalized spacial score (nSPS) is 10.4. The van der Waals surface area contributed by atoms with Crippen molar-refractivity contribution in [1.82, 2.24) is 4.90 Å². The highest BCUT2D eigenvalue weighted by Crippen LogP contribution is 1.96. The quantitative estimate of drug-likeness (QED) is 0.577. The molecule has 0 fully saturated rings. The maximum Gasteiger partial charge on any atom is 0.0558 e. The van der Waals surface area contributed by atoms with E-state index < -0.39 is 0 Å². The lowest BCUT2D eigenvalue weighted by atomic mass is 10.2. The van der Waals surface area contributed by atoms with E-state index in [1.165, 1.54) is 5.57 Å². The van der Waals surface area contributed by atoms with Crippen LogP contribution < -0.4 is 0 Å². The van der Waals surface area contributed by atoms with E-state index in [2.05, 4.69) is 11.5 Å². The van der Waals surface area contributed by atoms with E-state index in [0.29, 0.717) is 0 Å². The molecule has 1 N–H and O–H groups in total. The van der Waals surface area contributed by atoms with Crippen LogP contribution in [0.15, 0.2) is 12.2 Å². The fraction of sp³-hybridized carbons (Fsp3) is 0.750. The molecule has 0 bridgehead atoms. The maximum absolute atomic E-state index is 8.54. The predicted octanol–water partition coefficient (Wildman–Crippen LogP) is 0.877. The van der Waals surface area contributed by atoms with E-state index >= 15 is 0 Å². The second kappa shape index (κ2) is 5.45. The fourth-order valence-electron chi connectivity index (χ4n) is 0.664. The van der Waals surface area contributed by atoms with Gasteiger partial charge in [0.05, 0.1) is 6.61 Å². The van der Waals surface area contributed by atoms with Crippen molar-refractivity contribution in [2.75, 3.05) is 26.7 Å². The summed E-state index contributed by atoms with van der Waals surface area (Å²) in [4.78, 5) is 2.09. The van der Waals surface area contributed by atoms with Crippen LogP contribution in [0.2, 0.25) is 0 Å². The number of rotatable bonds is 5. The predicted molar refractivity (Wildman–Crippen MR) is 44.0 cm³/mol. The zero-order valence-electron chi connectivity index (χ0n) is 6.93. The highest BCUT2D eigenvalue weighted by molar-refractivity contribution is 4.88. The summed E-state index contributed by atoms with van der Waals surface area (Å²) < 4.78 is 0. The van der Waals surface area contributed by atoms with Gasteiger partial charge in [-0.3, -0.25) is 0 Å². The van der Waals surface area contributed by atoms with E-state index in [0.717, 1.165) is 19.5 Å². The smallest absolute Gasteiger partial charge is 0.0558 e. The Labute approximate surface area is 63.2 Å². The summed E-state index contributed by atoms with van der Waals surface area (Å²) in [6.45, 7) is 7.81. The Kier molecular flexibility index (Phi) is 5.26. The number of likely N-dealkylation sites (N-methyl/N-ethyl adjacent to an activating group) is 1. The van der Waals surface area contributed by atoms with E-state index in [-0.39, 0.29) is 6.61 Å². The zero-order valence-corrected chi connectivity index (χ0v) is 6.93. The van der Waals surface area contributed by atoms with E-state index in [1.54, 1.807) is 0 Å². The molecular weight excluding hydrogens is 126 g/mol. The van der Waals surface area contributed by atoms with Crippen molar-refractivity contribution >= 4 is 0 Å². The Bertz CT molecular complexity index is 101. The molecule has 10 heavy (non-hydrogen) atoms. The second-order valence-corrected chi connectivity index (χ2v) is 2.73. The lowest BCUT2D eigenvalue weighted by molar-refractivity contribution is 0.223. The number of hydrogen-bond acceptors (Lipinski definition) is 2. The highest BCUT2D eigenvalue weighted by Gasteiger charge is 1.95. The van der Waals surface area contributed by atoms with Crippen molar-refractivity contribution in [3.63, 3.8) is 0 Å². The fourth-order valence-corrected chi connectivity index (χ4v) is 0.664. The van der Waals surface area contributed by atoms with Gasteiger partial charge in [0.2, 0.25) is 0 Å². The number of nitrogens with zero attached hydrogens (tertiary/aromatic N) is 1. The van der Waals surface area contributed by atoms with Gasteiger partial charge < -0.3 is 10.0 Å². The average Bonchev–Trinajstić information content (AvgIpc) is 1.85. The van der Waals surface area contributed by atoms with Crippen LogP contribution in [0.3, 0.4) is 0 Å². The van der Waals surface area contributed by atoms with Gasteiger partial charge in [-0.15, -0.1) is 6.58 Å². The largest absolute Gasteiger partial charge is 0.395 e. The van der Waals surface area contributed by atoms with Crippen molar-refractivity contribution in [2.45, 2.75) is 13.3 Å². The molecule has 0 aromatic rings. The van der Waals surface area contributed by atoms with Crippen molar-refractivity contribution in [3.05, 3.63) is 12.2 Å². The van der Waals surface area contributed by atoms with Crippen molar-refractivity contribution in [1.29, 1.82) is 0 Å². The molecule has 0 rings (SSSR count). The number of aliphatic hydroxyl groups is 1.